The molecular formula is C20H33N. The van der Waals surface area contributed by atoms with E-state index in [0.29, 0.717) is 10.8 Å². The van der Waals surface area contributed by atoms with Gasteiger partial charge in [0, 0.05) is 12.0 Å². The molecule has 1 aliphatic rings. The number of rotatable bonds is 5. The van der Waals surface area contributed by atoms with E-state index < -0.39 is 0 Å². The van der Waals surface area contributed by atoms with Crippen molar-refractivity contribution in [2.45, 2.75) is 71.6 Å². The Kier molecular flexibility index (Phi) is 4.54. The zero-order valence-corrected chi connectivity index (χ0v) is 14.8. The first kappa shape index (κ1) is 16.5. The molecule has 0 saturated heterocycles. The quantitative estimate of drug-likeness (QED) is 0.748. The Hall–Kier alpha value is -0.820. The van der Waals surface area contributed by atoms with Crippen LogP contribution < -0.4 is 5.32 Å². The van der Waals surface area contributed by atoms with Gasteiger partial charge in [0.25, 0.3) is 0 Å². The minimum absolute atomic E-state index is 0.241. The van der Waals surface area contributed by atoms with Crippen molar-refractivity contribution in [3.63, 3.8) is 0 Å². The van der Waals surface area contributed by atoms with Crippen molar-refractivity contribution < 1.29 is 0 Å². The van der Waals surface area contributed by atoms with Gasteiger partial charge in [-0.05, 0) is 47.8 Å². The molecule has 21 heavy (non-hydrogen) atoms. The molecule has 1 aromatic carbocycles. The second-order valence-corrected chi connectivity index (χ2v) is 8.80. The van der Waals surface area contributed by atoms with Gasteiger partial charge in [0.05, 0.1) is 0 Å². The molecule has 1 nitrogen and oxygen atoms in total. The molecule has 118 valence electrons. The number of hydrogen-bond acceptors (Lipinski definition) is 1. The molecule has 0 aromatic heterocycles. The van der Waals surface area contributed by atoms with Gasteiger partial charge in [-0.25, -0.2) is 0 Å². The van der Waals surface area contributed by atoms with Gasteiger partial charge in [-0.2, -0.15) is 0 Å². The lowest BCUT2D eigenvalue weighted by Crippen LogP contribution is -2.52. The van der Waals surface area contributed by atoms with Crippen molar-refractivity contribution >= 4 is 0 Å². The van der Waals surface area contributed by atoms with Crippen LogP contribution in [0.3, 0.4) is 0 Å². The van der Waals surface area contributed by atoms with Crippen LogP contribution in [0.2, 0.25) is 0 Å². The first-order valence-electron chi connectivity index (χ1n) is 8.50. The molecule has 1 heteroatoms. The number of benzene rings is 1. The predicted molar refractivity (Wildman–Crippen MR) is 93.0 cm³/mol. The number of hydrogen-bond donors (Lipinski definition) is 1. The first-order chi connectivity index (χ1) is 9.69. The Balaban J connectivity index is 2.18. The molecule has 0 amide bonds. The lowest BCUT2D eigenvalue weighted by Gasteiger charge is -2.54. The monoisotopic (exact) mass is 287 g/mol. The standard InChI is InChI=1S/C20H33N/c1-7-12-21-15-20(13-19(5,6)14-20)17-10-8-16(9-11-17)18(2,3)4/h8-11,21H,7,12-15H2,1-6H3. The molecule has 0 spiro atoms. The fraction of sp³-hybridized carbons (Fsp3) is 0.700. The maximum Gasteiger partial charge on any atom is 0.00879 e. The Bertz CT molecular complexity index is 454. The molecule has 1 aromatic rings. The van der Waals surface area contributed by atoms with E-state index in [0.717, 1.165) is 13.1 Å². The van der Waals surface area contributed by atoms with Gasteiger partial charge in [0.2, 0.25) is 0 Å². The minimum Gasteiger partial charge on any atom is -0.316 e. The van der Waals surface area contributed by atoms with Crippen molar-refractivity contribution in [2.24, 2.45) is 5.41 Å². The van der Waals surface area contributed by atoms with Gasteiger partial charge in [-0.15, -0.1) is 0 Å². The molecular weight excluding hydrogens is 254 g/mol. The van der Waals surface area contributed by atoms with Crippen molar-refractivity contribution in [3.8, 4) is 0 Å². The van der Waals surface area contributed by atoms with Crippen LogP contribution in [0.25, 0.3) is 0 Å². The Labute approximate surface area is 131 Å². The third-order valence-corrected chi connectivity index (χ3v) is 4.89. The molecule has 1 N–H and O–H groups in total. The second-order valence-electron chi connectivity index (χ2n) is 8.80. The van der Waals surface area contributed by atoms with Crippen molar-refractivity contribution in [1.29, 1.82) is 0 Å². The highest BCUT2D eigenvalue weighted by Crippen LogP contribution is 2.55. The van der Waals surface area contributed by atoms with E-state index in [1.165, 1.54) is 30.4 Å². The van der Waals surface area contributed by atoms with Gasteiger partial charge < -0.3 is 5.32 Å². The van der Waals surface area contributed by atoms with E-state index in [9.17, 15) is 0 Å². The summed E-state index contributed by atoms with van der Waals surface area (Å²) in [7, 11) is 0. The molecule has 0 unspecified atom stereocenters. The molecule has 0 atom stereocenters. The minimum atomic E-state index is 0.241. The molecule has 0 aliphatic heterocycles. The summed E-state index contributed by atoms with van der Waals surface area (Å²) >= 11 is 0. The molecule has 0 bridgehead atoms. The van der Waals surface area contributed by atoms with E-state index in [1.807, 2.05) is 0 Å². The highest BCUT2D eigenvalue weighted by atomic mass is 14.9. The van der Waals surface area contributed by atoms with Gasteiger partial charge in [0.1, 0.15) is 0 Å². The normalized spacial score (nSPS) is 20.1. The Morgan fingerprint density at radius 3 is 2.05 bits per heavy atom. The van der Waals surface area contributed by atoms with E-state index in [-0.39, 0.29) is 5.41 Å². The molecule has 0 radical (unpaired) electrons. The largest absolute Gasteiger partial charge is 0.316 e. The third kappa shape index (κ3) is 3.69. The van der Waals surface area contributed by atoms with Crippen molar-refractivity contribution in [3.05, 3.63) is 35.4 Å². The first-order valence-corrected chi connectivity index (χ1v) is 8.50. The van der Waals surface area contributed by atoms with E-state index >= 15 is 0 Å². The summed E-state index contributed by atoms with van der Waals surface area (Å²) in [5.74, 6) is 0. The summed E-state index contributed by atoms with van der Waals surface area (Å²) < 4.78 is 0. The lowest BCUT2D eigenvalue weighted by molar-refractivity contribution is 0.0564. The van der Waals surface area contributed by atoms with Crippen LogP contribution in [-0.4, -0.2) is 13.1 Å². The van der Waals surface area contributed by atoms with Crippen LogP contribution in [0.4, 0.5) is 0 Å². The van der Waals surface area contributed by atoms with Gasteiger partial charge in [-0.1, -0.05) is 65.8 Å². The zero-order valence-electron chi connectivity index (χ0n) is 14.8. The van der Waals surface area contributed by atoms with E-state index in [2.05, 4.69) is 71.1 Å². The third-order valence-electron chi connectivity index (χ3n) is 4.89. The Morgan fingerprint density at radius 2 is 1.62 bits per heavy atom. The predicted octanol–water partition coefficient (Wildman–Crippen LogP) is 5.04. The maximum atomic E-state index is 3.66. The van der Waals surface area contributed by atoms with E-state index in [1.54, 1.807) is 0 Å². The van der Waals surface area contributed by atoms with E-state index in [4.69, 9.17) is 0 Å². The van der Waals surface area contributed by atoms with Crippen LogP contribution in [0.5, 0.6) is 0 Å². The summed E-state index contributed by atoms with van der Waals surface area (Å²) in [6, 6.07) is 9.43. The molecule has 1 saturated carbocycles. The van der Waals surface area contributed by atoms with Gasteiger partial charge in [0.15, 0.2) is 0 Å². The van der Waals surface area contributed by atoms with Crippen molar-refractivity contribution in [1.82, 2.24) is 5.32 Å². The lowest BCUT2D eigenvalue weighted by atomic mass is 9.52. The average molecular weight is 287 g/mol. The summed E-state index contributed by atoms with van der Waals surface area (Å²) in [6.07, 6.45) is 3.81. The van der Waals surface area contributed by atoms with Gasteiger partial charge >= 0.3 is 0 Å². The van der Waals surface area contributed by atoms with Crippen LogP contribution in [0.15, 0.2) is 24.3 Å². The maximum absolute atomic E-state index is 3.66. The molecule has 0 heterocycles. The fourth-order valence-electron chi connectivity index (χ4n) is 4.04. The van der Waals surface area contributed by atoms with Crippen LogP contribution in [0.1, 0.15) is 71.9 Å². The van der Waals surface area contributed by atoms with Crippen LogP contribution in [0, 0.1) is 5.41 Å². The Morgan fingerprint density at radius 1 is 1.05 bits per heavy atom. The highest BCUT2D eigenvalue weighted by molar-refractivity contribution is 5.35. The number of nitrogens with one attached hydrogen (secondary N) is 1. The topological polar surface area (TPSA) is 12.0 Å². The second kappa shape index (κ2) is 5.76. The SMILES string of the molecule is CCCNCC1(c2ccc(C(C)(C)C)cc2)CC(C)(C)C1. The molecule has 2 rings (SSSR count). The summed E-state index contributed by atoms with van der Waals surface area (Å²) in [4.78, 5) is 0. The summed E-state index contributed by atoms with van der Waals surface area (Å²) in [6.45, 7) is 16.1. The van der Waals surface area contributed by atoms with Gasteiger partial charge in [-0.3, -0.25) is 0 Å². The highest BCUT2D eigenvalue weighted by Gasteiger charge is 2.49. The fourth-order valence-corrected chi connectivity index (χ4v) is 4.04. The van der Waals surface area contributed by atoms with Crippen LogP contribution >= 0.6 is 0 Å². The smallest absolute Gasteiger partial charge is 0.00879 e. The molecule has 1 fully saturated rings. The summed E-state index contributed by atoms with van der Waals surface area (Å²) in [5, 5.41) is 3.66. The zero-order chi connectivity index (χ0) is 15.7. The van der Waals surface area contributed by atoms with Crippen LogP contribution in [-0.2, 0) is 10.8 Å². The van der Waals surface area contributed by atoms with Crippen molar-refractivity contribution in [2.75, 3.05) is 13.1 Å². The average Bonchev–Trinajstić information content (AvgIpc) is 2.35. The summed E-state index contributed by atoms with van der Waals surface area (Å²) in [5.41, 5.74) is 4.05. The molecule has 1 aliphatic carbocycles.